The molecule has 0 unspecified atom stereocenters. The lowest BCUT2D eigenvalue weighted by molar-refractivity contribution is -0.135. The van der Waals surface area contributed by atoms with Crippen molar-refractivity contribution in [2.75, 3.05) is 32.7 Å². The van der Waals surface area contributed by atoms with Crippen LogP contribution in [0.15, 0.2) is 18.2 Å². The van der Waals surface area contributed by atoms with E-state index in [0.717, 1.165) is 45.6 Å². The van der Waals surface area contributed by atoms with Crippen molar-refractivity contribution >= 4 is 5.91 Å². The van der Waals surface area contributed by atoms with Gasteiger partial charge in [0.1, 0.15) is 0 Å². The molecule has 1 aromatic carbocycles. The van der Waals surface area contributed by atoms with Crippen LogP contribution in [-0.2, 0) is 10.2 Å². The molecule has 3 nitrogen and oxygen atoms in total. The second-order valence-corrected chi connectivity index (χ2v) is 7.95. The van der Waals surface area contributed by atoms with Crippen molar-refractivity contribution in [1.82, 2.24) is 9.80 Å². The minimum absolute atomic E-state index is 0.211. The summed E-state index contributed by atoms with van der Waals surface area (Å²) in [5.74, 6) is 1.06. The Morgan fingerprint density at radius 2 is 1.61 bits per heavy atom. The molecule has 0 atom stereocenters. The lowest BCUT2D eigenvalue weighted by Gasteiger charge is -2.37. The molecule has 1 aliphatic heterocycles. The van der Waals surface area contributed by atoms with E-state index >= 15 is 0 Å². The molecule has 3 rings (SSSR count). The molecule has 1 saturated heterocycles. The predicted octanol–water partition coefficient (Wildman–Crippen LogP) is 3.14. The third-order valence-electron chi connectivity index (χ3n) is 5.22. The molecule has 1 amide bonds. The van der Waals surface area contributed by atoms with E-state index in [2.05, 4.69) is 55.7 Å². The standard InChI is InChI=1S/C20H30N2O/c1-15(2)14-21-7-9-22(10-8-21)19(23)20(5-6-20)18-12-16(3)11-17(4)13-18/h11-13,15H,5-10,14H2,1-4H3. The summed E-state index contributed by atoms with van der Waals surface area (Å²) in [7, 11) is 0. The van der Waals surface area contributed by atoms with Crippen molar-refractivity contribution in [3.63, 3.8) is 0 Å². The van der Waals surface area contributed by atoms with Crippen LogP contribution in [-0.4, -0.2) is 48.4 Å². The number of carbonyl (C=O) groups is 1. The molecule has 0 N–H and O–H groups in total. The Hall–Kier alpha value is -1.35. The van der Waals surface area contributed by atoms with Gasteiger partial charge in [0.2, 0.25) is 5.91 Å². The Morgan fingerprint density at radius 1 is 1.04 bits per heavy atom. The molecule has 3 heteroatoms. The summed E-state index contributed by atoms with van der Waals surface area (Å²) >= 11 is 0. The quantitative estimate of drug-likeness (QED) is 0.852. The zero-order valence-electron chi connectivity index (χ0n) is 15.1. The number of carbonyl (C=O) groups excluding carboxylic acids is 1. The van der Waals surface area contributed by atoms with E-state index in [1.54, 1.807) is 0 Å². The first-order valence-electron chi connectivity index (χ1n) is 9.01. The van der Waals surface area contributed by atoms with Gasteiger partial charge in [0, 0.05) is 32.7 Å². The SMILES string of the molecule is Cc1cc(C)cc(C2(C(=O)N3CCN(CC(C)C)CC3)CC2)c1. The summed E-state index contributed by atoms with van der Waals surface area (Å²) in [6, 6.07) is 6.62. The smallest absolute Gasteiger partial charge is 0.233 e. The maximum absolute atomic E-state index is 13.1. The average molecular weight is 314 g/mol. The molecule has 2 aliphatic rings. The van der Waals surface area contributed by atoms with Gasteiger partial charge in [-0.05, 0) is 38.2 Å². The molecule has 126 valence electrons. The molecule has 1 heterocycles. The minimum Gasteiger partial charge on any atom is -0.339 e. The van der Waals surface area contributed by atoms with E-state index in [1.165, 1.54) is 16.7 Å². The van der Waals surface area contributed by atoms with Crippen LogP contribution < -0.4 is 0 Å². The number of nitrogens with zero attached hydrogens (tertiary/aromatic N) is 2. The van der Waals surface area contributed by atoms with E-state index in [0.29, 0.717) is 11.8 Å². The fourth-order valence-electron chi connectivity index (χ4n) is 3.95. The first kappa shape index (κ1) is 16.5. The third kappa shape index (κ3) is 3.45. The third-order valence-corrected chi connectivity index (χ3v) is 5.22. The minimum atomic E-state index is -0.211. The largest absolute Gasteiger partial charge is 0.339 e. The van der Waals surface area contributed by atoms with Crippen molar-refractivity contribution in [3.05, 3.63) is 34.9 Å². The first-order chi connectivity index (χ1) is 10.9. The highest BCUT2D eigenvalue weighted by atomic mass is 16.2. The number of hydrogen-bond acceptors (Lipinski definition) is 2. The number of amides is 1. The van der Waals surface area contributed by atoms with Gasteiger partial charge in [-0.25, -0.2) is 0 Å². The number of rotatable bonds is 4. The highest BCUT2D eigenvalue weighted by Gasteiger charge is 2.53. The lowest BCUT2D eigenvalue weighted by atomic mass is 9.91. The van der Waals surface area contributed by atoms with Crippen LogP contribution >= 0.6 is 0 Å². The van der Waals surface area contributed by atoms with Gasteiger partial charge in [-0.1, -0.05) is 43.2 Å². The number of piperazine rings is 1. The van der Waals surface area contributed by atoms with E-state index in [4.69, 9.17) is 0 Å². The molecule has 1 saturated carbocycles. The summed E-state index contributed by atoms with van der Waals surface area (Å²) in [4.78, 5) is 17.7. The summed E-state index contributed by atoms with van der Waals surface area (Å²) in [5, 5.41) is 0. The van der Waals surface area contributed by atoms with Crippen molar-refractivity contribution in [2.45, 2.75) is 46.0 Å². The second-order valence-electron chi connectivity index (χ2n) is 7.95. The van der Waals surface area contributed by atoms with Gasteiger partial charge in [0.05, 0.1) is 5.41 Å². The highest BCUT2D eigenvalue weighted by Crippen LogP contribution is 2.50. The fraction of sp³-hybridized carbons (Fsp3) is 0.650. The van der Waals surface area contributed by atoms with E-state index in [1.807, 2.05) is 0 Å². The van der Waals surface area contributed by atoms with E-state index in [-0.39, 0.29) is 5.41 Å². The Bertz CT molecular complexity index is 561. The molecule has 2 fully saturated rings. The van der Waals surface area contributed by atoms with Gasteiger partial charge in [-0.2, -0.15) is 0 Å². The predicted molar refractivity (Wildman–Crippen MR) is 94.7 cm³/mol. The van der Waals surface area contributed by atoms with E-state index < -0.39 is 0 Å². The number of benzene rings is 1. The van der Waals surface area contributed by atoms with Crippen LogP contribution in [0, 0.1) is 19.8 Å². The molecular formula is C20H30N2O. The Kier molecular flexibility index (Phi) is 4.50. The topological polar surface area (TPSA) is 23.6 Å². The molecule has 0 spiro atoms. The first-order valence-corrected chi connectivity index (χ1v) is 9.01. The van der Waals surface area contributed by atoms with Gasteiger partial charge in [-0.3, -0.25) is 9.69 Å². The number of hydrogen-bond donors (Lipinski definition) is 0. The molecule has 0 radical (unpaired) electrons. The van der Waals surface area contributed by atoms with Gasteiger partial charge in [-0.15, -0.1) is 0 Å². The van der Waals surface area contributed by atoms with Crippen LogP contribution in [0.2, 0.25) is 0 Å². The van der Waals surface area contributed by atoms with Gasteiger partial charge in [0.15, 0.2) is 0 Å². The zero-order valence-corrected chi connectivity index (χ0v) is 15.1. The van der Waals surface area contributed by atoms with Crippen LogP contribution in [0.3, 0.4) is 0 Å². The molecule has 23 heavy (non-hydrogen) atoms. The number of aryl methyl sites for hydroxylation is 2. The Morgan fingerprint density at radius 3 is 2.09 bits per heavy atom. The van der Waals surface area contributed by atoms with Crippen LogP contribution in [0.4, 0.5) is 0 Å². The molecule has 0 bridgehead atoms. The van der Waals surface area contributed by atoms with Crippen LogP contribution in [0.5, 0.6) is 0 Å². The van der Waals surface area contributed by atoms with Gasteiger partial charge >= 0.3 is 0 Å². The summed E-state index contributed by atoms with van der Waals surface area (Å²) < 4.78 is 0. The van der Waals surface area contributed by atoms with Gasteiger partial charge < -0.3 is 4.90 Å². The molecular weight excluding hydrogens is 284 g/mol. The lowest BCUT2D eigenvalue weighted by Crippen LogP contribution is -2.52. The van der Waals surface area contributed by atoms with E-state index in [9.17, 15) is 4.79 Å². The second kappa shape index (κ2) is 6.27. The highest BCUT2D eigenvalue weighted by molar-refractivity contribution is 5.91. The fourth-order valence-corrected chi connectivity index (χ4v) is 3.95. The summed E-state index contributed by atoms with van der Waals surface area (Å²) in [5.41, 5.74) is 3.56. The van der Waals surface area contributed by atoms with Crippen LogP contribution in [0.1, 0.15) is 43.4 Å². The molecule has 1 aliphatic carbocycles. The van der Waals surface area contributed by atoms with Gasteiger partial charge in [0.25, 0.3) is 0 Å². The molecule has 1 aromatic rings. The Balaban J connectivity index is 1.69. The zero-order chi connectivity index (χ0) is 16.6. The average Bonchev–Trinajstić information content (AvgIpc) is 3.27. The van der Waals surface area contributed by atoms with Crippen molar-refractivity contribution in [2.24, 2.45) is 5.92 Å². The summed E-state index contributed by atoms with van der Waals surface area (Å²) in [6.45, 7) is 13.7. The summed E-state index contributed by atoms with van der Waals surface area (Å²) in [6.07, 6.45) is 2.03. The molecule has 0 aromatic heterocycles. The maximum Gasteiger partial charge on any atom is 0.233 e. The van der Waals surface area contributed by atoms with Crippen molar-refractivity contribution in [3.8, 4) is 0 Å². The monoisotopic (exact) mass is 314 g/mol. The van der Waals surface area contributed by atoms with Crippen molar-refractivity contribution in [1.29, 1.82) is 0 Å². The normalized spacial score (nSPS) is 20.8. The van der Waals surface area contributed by atoms with Crippen LogP contribution in [0.25, 0.3) is 0 Å². The maximum atomic E-state index is 13.1. The Labute approximate surface area is 140 Å². The van der Waals surface area contributed by atoms with Crippen molar-refractivity contribution < 1.29 is 4.79 Å².